The first-order chi connectivity index (χ1) is 8.99. The van der Waals surface area contributed by atoms with Crippen LogP contribution in [0.1, 0.15) is 19.4 Å². The highest BCUT2D eigenvalue weighted by molar-refractivity contribution is 5.86. The molecule has 0 amide bonds. The second-order valence-electron chi connectivity index (χ2n) is 3.84. The lowest BCUT2D eigenvalue weighted by molar-refractivity contribution is -0.385. The standard InChI is InChI=1S/C13H16N2O4/c1-3-14(4-2)11-6-7-12(15(18)19)10(9-11)5-8-13(16)17/h5-9H,3-4H2,1-2H3,(H,16,17)/b8-5+. The molecular weight excluding hydrogens is 248 g/mol. The zero-order valence-corrected chi connectivity index (χ0v) is 10.9. The maximum atomic E-state index is 10.9. The van der Waals surface area contributed by atoms with Crippen LogP contribution in [0.15, 0.2) is 24.3 Å². The van der Waals surface area contributed by atoms with Gasteiger partial charge in [0.2, 0.25) is 0 Å². The molecule has 0 unspecified atom stereocenters. The molecule has 0 bridgehead atoms. The summed E-state index contributed by atoms with van der Waals surface area (Å²) in [6.45, 7) is 5.52. The van der Waals surface area contributed by atoms with E-state index in [4.69, 9.17) is 5.11 Å². The van der Waals surface area contributed by atoms with Gasteiger partial charge in [0.05, 0.1) is 10.5 Å². The Kier molecular flexibility index (Phi) is 5.05. The molecule has 0 fully saturated rings. The van der Waals surface area contributed by atoms with Crippen molar-refractivity contribution in [2.45, 2.75) is 13.8 Å². The van der Waals surface area contributed by atoms with E-state index in [0.29, 0.717) is 0 Å². The first-order valence-electron chi connectivity index (χ1n) is 5.94. The van der Waals surface area contributed by atoms with Crippen molar-refractivity contribution in [2.75, 3.05) is 18.0 Å². The van der Waals surface area contributed by atoms with E-state index in [1.54, 1.807) is 12.1 Å². The lowest BCUT2D eigenvalue weighted by atomic mass is 10.1. The van der Waals surface area contributed by atoms with Gasteiger partial charge in [-0.25, -0.2) is 4.79 Å². The second-order valence-corrected chi connectivity index (χ2v) is 3.84. The maximum absolute atomic E-state index is 10.9. The molecule has 1 aromatic rings. The molecule has 0 aliphatic carbocycles. The fraction of sp³-hybridized carbons (Fsp3) is 0.308. The maximum Gasteiger partial charge on any atom is 0.328 e. The number of rotatable bonds is 6. The summed E-state index contributed by atoms with van der Waals surface area (Å²) in [6.07, 6.45) is 2.14. The molecule has 0 aromatic heterocycles. The Hall–Kier alpha value is -2.37. The van der Waals surface area contributed by atoms with Gasteiger partial charge in [-0.05, 0) is 32.1 Å². The summed E-state index contributed by atoms with van der Waals surface area (Å²) in [5.74, 6) is -1.14. The zero-order valence-electron chi connectivity index (χ0n) is 10.9. The van der Waals surface area contributed by atoms with Crippen LogP contribution in [0.5, 0.6) is 0 Å². The summed E-state index contributed by atoms with van der Waals surface area (Å²) in [5.41, 5.74) is 1.02. The average Bonchev–Trinajstić information content (AvgIpc) is 2.37. The third-order valence-corrected chi connectivity index (χ3v) is 2.74. The van der Waals surface area contributed by atoms with E-state index in [-0.39, 0.29) is 11.3 Å². The van der Waals surface area contributed by atoms with E-state index in [1.165, 1.54) is 12.1 Å². The van der Waals surface area contributed by atoms with E-state index in [2.05, 4.69) is 0 Å². The van der Waals surface area contributed by atoms with Crippen LogP contribution in [-0.4, -0.2) is 29.1 Å². The van der Waals surface area contributed by atoms with Gasteiger partial charge in [-0.2, -0.15) is 0 Å². The molecule has 0 aliphatic rings. The van der Waals surface area contributed by atoms with Crippen molar-refractivity contribution in [3.8, 4) is 0 Å². The molecule has 0 spiro atoms. The van der Waals surface area contributed by atoms with E-state index in [1.807, 2.05) is 18.7 Å². The number of hydrogen-bond acceptors (Lipinski definition) is 4. The fourth-order valence-corrected chi connectivity index (χ4v) is 1.79. The highest BCUT2D eigenvalue weighted by atomic mass is 16.6. The van der Waals surface area contributed by atoms with Gasteiger partial charge < -0.3 is 10.0 Å². The quantitative estimate of drug-likeness (QED) is 0.485. The number of nitrogens with zero attached hydrogens (tertiary/aromatic N) is 2. The number of aliphatic carboxylic acids is 1. The molecule has 1 rings (SSSR count). The number of carbonyl (C=O) groups is 1. The molecule has 0 saturated heterocycles. The molecule has 0 atom stereocenters. The summed E-state index contributed by atoms with van der Waals surface area (Å²) in [6, 6.07) is 4.70. The number of hydrogen-bond donors (Lipinski definition) is 1. The monoisotopic (exact) mass is 264 g/mol. The molecule has 6 heteroatoms. The van der Waals surface area contributed by atoms with Gasteiger partial charge in [0.1, 0.15) is 0 Å². The molecular formula is C13H16N2O4. The highest BCUT2D eigenvalue weighted by Gasteiger charge is 2.14. The predicted octanol–water partition coefficient (Wildman–Crippen LogP) is 2.54. The first-order valence-corrected chi connectivity index (χ1v) is 5.94. The molecule has 0 heterocycles. The van der Waals surface area contributed by atoms with E-state index in [0.717, 1.165) is 24.9 Å². The van der Waals surface area contributed by atoms with Gasteiger partial charge >= 0.3 is 5.97 Å². The zero-order chi connectivity index (χ0) is 14.4. The molecule has 0 aliphatic heterocycles. The largest absolute Gasteiger partial charge is 0.478 e. The van der Waals surface area contributed by atoms with Crippen molar-refractivity contribution in [3.63, 3.8) is 0 Å². The first kappa shape index (κ1) is 14.7. The molecule has 0 saturated carbocycles. The van der Waals surface area contributed by atoms with Crippen LogP contribution in [0, 0.1) is 10.1 Å². The van der Waals surface area contributed by atoms with Crippen molar-refractivity contribution in [2.24, 2.45) is 0 Å². The van der Waals surface area contributed by atoms with Crippen LogP contribution in [-0.2, 0) is 4.79 Å². The second kappa shape index (κ2) is 6.53. The lowest BCUT2D eigenvalue weighted by Crippen LogP contribution is -2.21. The van der Waals surface area contributed by atoms with Crippen LogP contribution in [0.4, 0.5) is 11.4 Å². The van der Waals surface area contributed by atoms with Gasteiger partial charge in [0.15, 0.2) is 0 Å². The summed E-state index contributed by atoms with van der Waals surface area (Å²) in [5, 5.41) is 19.5. The smallest absolute Gasteiger partial charge is 0.328 e. The van der Waals surface area contributed by atoms with Crippen LogP contribution >= 0.6 is 0 Å². The minimum absolute atomic E-state index is 0.103. The minimum Gasteiger partial charge on any atom is -0.478 e. The third kappa shape index (κ3) is 3.80. The summed E-state index contributed by atoms with van der Waals surface area (Å²) in [7, 11) is 0. The molecule has 1 aromatic carbocycles. The topological polar surface area (TPSA) is 83.7 Å². The Morgan fingerprint density at radius 3 is 2.53 bits per heavy atom. The number of nitro benzene ring substituents is 1. The van der Waals surface area contributed by atoms with E-state index >= 15 is 0 Å². The number of anilines is 1. The normalized spacial score (nSPS) is 10.6. The summed E-state index contributed by atoms with van der Waals surface area (Å²) >= 11 is 0. The van der Waals surface area contributed by atoms with Gasteiger partial charge in [-0.15, -0.1) is 0 Å². The number of benzene rings is 1. The highest BCUT2D eigenvalue weighted by Crippen LogP contribution is 2.26. The van der Waals surface area contributed by atoms with Crippen molar-refractivity contribution in [1.82, 2.24) is 0 Å². The van der Waals surface area contributed by atoms with Gasteiger partial charge in [0.25, 0.3) is 5.69 Å². The summed E-state index contributed by atoms with van der Waals surface area (Å²) < 4.78 is 0. The average molecular weight is 264 g/mol. The van der Waals surface area contributed by atoms with Gasteiger partial charge in [-0.3, -0.25) is 10.1 Å². The van der Waals surface area contributed by atoms with Gasteiger partial charge in [-0.1, -0.05) is 0 Å². The van der Waals surface area contributed by atoms with Crippen LogP contribution in [0.2, 0.25) is 0 Å². The third-order valence-electron chi connectivity index (χ3n) is 2.74. The molecule has 1 N–H and O–H groups in total. The predicted molar refractivity (Wildman–Crippen MR) is 73.3 cm³/mol. The Bertz CT molecular complexity index is 507. The molecule has 0 radical (unpaired) electrons. The Morgan fingerprint density at radius 2 is 2.05 bits per heavy atom. The van der Waals surface area contributed by atoms with Crippen molar-refractivity contribution in [3.05, 3.63) is 40.0 Å². The van der Waals surface area contributed by atoms with Gasteiger partial charge in [0, 0.05) is 30.9 Å². The number of nitro groups is 1. The number of carboxylic acid groups (broad SMARTS) is 1. The Balaban J connectivity index is 3.25. The van der Waals surface area contributed by atoms with Crippen LogP contribution in [0.25, 0.3) is 6.08 Å². The molecule has 6 nitrogen and oxygen atoms in total. The molecule has 19 heavy (non-hydrogen) atoms. The minimum atomic E-state index is -1.14. The van der Waals surface area contributed by atoms with Crippen molar-refractivity contribution in [1.29, 1.82) is 0 Å². The van der Waals surface area contributed by atoms with Crippen LogP contribution < -0.4 is 4.90 Å². The SMILES string of the molecule is CCN(CC)c1ccc([N+](=O)[O-])c(/C=C/C(=O)O)c1. The Morgan fingerprint density at radius 1 is 1.42 bits per heavy atom. The molecule has 102 valence electrons. The summed E-state index contributed by atoms with van der Waals surface area (Å²) in [4.78, 5) is 22.9. The fourth-order valence-electron chi connectivity index (χ4n) is 1.79. The van der Waals surface area contributed by atoms with Crippen molar-refractivity contribution >= 4 is 23.4 Å². The van der Waals surface area contributed by atoms with E-state index in [9.17, 15) is 14.9 Å². The lowest BCUT2D eigenvalue weighted by Gasteiger charge is -2.21. The Labute approximate surface area is 111 Å². The van der Waals surface area contributed by atoms with Crippen molar-refractivity contribution < 1.29 is 14.8 Å². The van der Waals surface area contributed by atoms with Crippen LogP contribution in [0.3, 0.4) is 0 Å². The van der Waals surface area contributed by atoms with E-state index < -0.39 is 10.9 Å². The number of carboxylic acids is 1.